The highest BCUT2D eigenvalue weighted by Crippen LogP contribution is 2.11. The van der Waals surface area contributed by atoms with Gasteiger partial charge in [0.15, 0.2) is 5.82 Å². The topological polar surface area (TPSA) is 68.5 Å². The van der Waals surface area contributed by atoms with Gasteiger partial charge >= 0.3 is 0 Å². The molecule has 2 aromatic heterocycles. The Hall–Kier alpha value is -1.98. The number of anilines is 2. The molecular formula is C11H16N6. The van der Waals surface area contributed by atoms with Gasteiger partial charge in [0.1, 0.15) is 0 Å². The number of nitrogens with zero attached hydrogens (tertiary/aromatic N) is 5. The minimum Gasteiger partial charge on any atom is -0.306 e. The smallest absolute Gasteiger partial charge is 0.248 e. The van der Waals surface area contributed by atoms with Gasteiger partial charge in [-0.15, -0.1) is 10.2 Å². The number of aromatic nitrogens is 5. The van der Waals surface area contributed by atoms with Crippen LogP contribution in [0, 0.1) is 0 Å². The van der Waals surface area contributed by atoms with Gasteiger partial charge in [0.05, 0.1) is 11.4 Å². The summed E-state index contributed by atoms with van der Waals surface area (Å²) in [4.78, 5) is 4.43. The third-order valence-corrected chi connectivity index (χ3v) is 2.46. The lowest BCUT2D eigenvalue weighted by Gasteiger charge is -2.05. The Morgan fingerprint density at radius 3 is 2.53 bits per heavy atom. The normalized spacial score (nSPS) is 10.5. The summed E-state index contributed by atoms with van der Waals surface area (Å²) in [5, 5.41) is 15.4. The second-order valence-corrected chi connectivity index (χ2v) is 3.74. The third-order valence-electron chi connectivity index (χ3n) is 2.46. The molecule has 2 aromatic rings. The summed E-state index contributed by atoms with van der Waals surface area (Å²) >= 11 is 0. The molecule has 1 N–H and O–H groups in total. The van der Waals surface area contributed by atoms with Gasteiger partial charge < -0.3 is 5.32 Å². The van der Waals surface area contributed by atoms with Gasteiger partial charge in [0.25, 0.3) is 0 Å². The van der Waals surface area contributed by atoms with Crippen molar-refractivity contribution in [1.82, 2.24) is 25.0 Å². The molecule has 0 unspecified atom stereocenters. The standard InChI is InChI=1S/C11H16N6/c1-4-8-9(5-2)14-15-11(12-8)13-10-6-7-17(3)16-10/h6-7H,4-5H2,1-3H3,(H,12,13,15,16). The molecule has 0 radical (unpaired) electrons. The fraction of sp³-hybridized carbons (Fsp3) is 0.455. The Balaban J connectivity index is 2.22. The van der Waals surface area contributed by atoms with Crippen molar-refractivity contribution in [2.24, 2.45) is 7.05 Å². The first-order valence-corrected chi connectivity index (χ1v) is 5.72. The van der Waals surface area contributed by atoms with E-state index >= 15 is 0 Å². The molecule has 0 spiro atoms. The van der Waals surface area contributed by atoms with Crippen LogP contribution in [-0.4, -0.2) is 25.0 Å². The van der Waals surface area contributed by atoms with Crippen molar-refractivity contribution in [3.05, 3.63) is 23.7 Å². The van der Waals surface area contributed by atoms with Gasteiger partial charge in [-0.05, 0) is 12.8 Å². The van der Waals surface area contributed by atoms with Gasteiger partial charge in [-0.1, -0.05) is 13.8 Å². The molecule has 90 valence electrons. The van der Waals surface area contributed by atoms with E-state index in [4.69, 9.17) is 0 Å². The van der Waals surface area contributed by atoms with E-state index in [0.29, 0.717) is 5.95 Å². The van der Waals surface area contributed by atoms with E-state index in [0.717, 1.165) is 30.0 Å². The van der Waals surface area contributed by atoms with Gasteiger partial charge in [-0.2, -0.15) is 5.10 Å². The van der Waals surface area contributed by atoms with Crippen LogP contribution in [0.1, 0.15) is 25.2 Å². The predicted octanol–water partition coefficient (Wildman–Crippen LogP) is 1.47. The zero-order valence-corrected chi connectivity index (χ0v) is 10.3. The van der Waals surface area contributed by atoms with E-state index in [-0.39, 0.29) is 0 Å². The molecule has 0 aromatic carbocycles. The lowest BCUT2D eigenvalue weighted by Crippen LogP contribution is -2.07. The summed E-state index contributed by atoms with van der Waals surface area (Å²) in [5.74, 6) is 1.22. The molecule has 0 atom stereocenters. The number of aryl methyl sites for hydroxylation is 3. The van der Waals surface area contributed by atoms with Crippen LogP contribution < -0.4 is 5.32 Å². The Bertz CT molecular complexity index is 504. The molecule has 0 saturated carbocycles. The Labute approximate surface area is 100 Å². The molecule has 17 heavy (non-hydrogen) atoms. The average molecular weight is 232 g/mol. The van der Waals surface area contributed by atoms with Crippen molar-refractivity contribution in [2.75, 3.05) is 5.32 Å². The molecule has 0 aliphatic heterocycles. The fourth-order valence-corrected chi connectivity index (χ4v) is 1.59. The van der Waals surface area contributed by atoms with E-state index in [1.54, 1.807) is 4.68 Å². The maximum atomic E-state index is 4.43. The maximum Gasteiger partial charge on any atom is 0.248 e. The summed E-state index contributed by atoms with van der Waals surface area (Å²) in [6.07, 6.45) is 3.57. The highest BCUT2D eigenvalue weighted by atomic mass is 15.3. The van der Waals surface area contributed by atoms with Crippen molar-refractivity contribution in [1.29, 1.82) is 0 Å². The van der Waals surface area contributed by atoms with Crippen LogP contribution in [0.4, 0.5) is 11.8 Å². The van der Waals surface area contributed by atoms with Crippen molar-refractivity contribution >= 4 is 11.8 Å². The van der Waals surface area contributed by atoms with Crippen molar-refractivity contribution < 1.29 is 0 Å². The summed E-state index contributed by atoms with van der Waals surface area (Å²) in [5.41, 5.74) is 1.94. The first-order valence-electron chi connectivity index (χ1n) is 5.72. The first kappa shape index (κ1) is 11.5. The Morgan fingerprint density at radius 2 is 1.94 bits per heavy atom. The highest BCUT2D eigenvalue weighted by Gasteiger charge is 2.06. The second kappa shape index (κ2) is 4.90. The lowest BCUT2D eigenvalue weighted by molar-refractivity contribution is 0.769. The van der Waals surface area contributed by atoms with E-state index in [1.165, 1.54) is 0 Å². The van der Waals surface area contributed by atoms with Crippen LogP contribution in [0.15, 0.2) is 12.3 Å². The Morgan fingerprint density at radius 1 is 1.18 bits per heavy atom. The molecule has 0 aliphatic carbocycles. The summed E-state index contributed by atoms with van der Waals surface area (Å²) in [6, 6.07) is 1.86. The van der Waals surface area contributed by atoms with Gasteiger partial charge in [0, 0.05) is 19.3 Å². The third kappa shape index (κ3) is 2.58. The van der Waals surface area contributed by atoms with Gasteiger partial charge in [-0.25, -0.2) is 4.98 Å². The van der Waals surface area contributed by atoms with E-state index in [1.807, 2.05) is 19.3 Å². The predicted molar refractivity (Wildman–Crippen MR) is 65.1 cm³/mol. The first-order chi connectivity index (χ1) is 8.22. The number of hydrogen-bond donors (Lipinski definition) is 1. The summed E-state index contributed by atoms with van der Waals surface area (Å²) < 4.78 is 1.72. The Kier molecular flexibility index (Phi) is 3.32. The summed E-state index contributed by atoms with van der Waals surface area (Å²) in [7, 11) is 1.86. The molecule has 6 heteroatoms. The van der Waals surface area contributed by atoms with Gasteiger partial charge in [0.2, 0.25) is 5.95 Å². The molecule has 0 bridgehead atoms. The van der Waals surface area contributed by atoms with Crippen molar-refractivity contribution in [2.45, 2.75) is 26.7 Å². The van der Waals surface area contributed by atoms with Crippen molar-refractivity contribution in [3.8, 4) is 0 Å². The number of nitrogens with one attached hydrogen (secondary N) is 1. The number of rotatable bonds is 4. The minimum absolute atomic E-state index is 0.498. The second-order valence-electron chi connectivity index (χ2n) is 3.74. The number of hydrogen-bond acceptors (Lipinski definition) is 5. The van der Waals surface area contributed by atoms with Crippen LogP contribution in [0.25, 0.3) is 0 Å². The lowest BCUT2D eigenvalue weighted by atomic mass is 10.2. The van der Waals surface area contributed by atoms with E-state index in [9.17, 15) is 0 Å². The molecule has 0 saturated heterocycles. The SMILES string of the molecule is CCc1nnc(Nc2ccn(C)n2)nc1CC. The molecule has 0 amide bonds. The molecule has 0 aliphatic rings. The van der Waals surface area contributed by atoms with Crippen LogP contribution >= 0.6 is 0 Å². The molecule has 2 heterocycles. The molecule has 0 fully saturated rings. The minimum atomic E-state index is 0.498. The highest BCUT2D eigenvalue weighted by molar-refractivity contribution is 5.46. The van der Waals surface area contributed by atoms with Crippen molar-refractivity contribution in [3.63, 3.8) is 0 Å². The van der Waals surface area contributed by atoms with Crippen LogP contribution in [0.5, 0.6) is 0 Å². The zero-order chi connectivity index (χ0) is 12.3. The maximum absolute atomic E-state index is 4.43. The fourth-order valence-electron chi connectivity index (χ4n) is 1.59. The van der Waals surface area contributed by atoms with Crippen LogP contribution in [-0.2, 0) is 19.9 Å². The monoisotopic (exact) mass is 232 g/mol. The van der Waals surface area contributed by atoms with E-state index in [2.05, 4.69) is 39.4 Å². The largest absolute Gasteiger partial charge is 0.306 e. The average Bonchev–Trinajstić information content (AvgIpc) is 2.74. The van der Waals surface area contributed by atoms with Crippen LogP contribution in [0.3, 0.4) is 0 Å². The quantitative estimate of drug-likeness (QED) is 0.864. The zero-order valence-electron chi connectivity index (χ0n) is 10.3. The summed E-state index contributed by atoms with van der Waals surface area (Å²) in [6.45, 7) is 4.12. The molecular weight excluding hydrogens is 216 g/mol. The molecule has 2 rings (SSSR count). The van der Waals surface area contributed by atoms with E-state index < -0.39 is 0 Å². The van der Waals surface area contributed by atoms with Crippen LogP contribution in [0.2, 0.25) is 0 Å². The molecule has 6 nitrogen and oxygen atoms in total. The van der Waals surface area contributed by atoms with Gasteiger partial charge in [-0.3, -0.25) is 4.68 Å².